The molecule has 2 nitrogen and oxygen atoms in total. The van der Waals surface area contributed by atoms with Crippen LogP contribution in [0.1, 0.15) is 39.5 Å². The average molecular weight is 153 g/mol. The number of nitrogens with zero attached hydrogens (tertiary/aromatic N) is 1. The second kappa shape index (κ2) is 3.65. The second-order valence-corrected chi connectivity index (χ2v) is 3.32. The number of ketones is 1. The molecular formula is C9H15NO. The van der Waals surface area contributed by atoms with Crippen LogP contribution in [0.25, 0.3) is 0 Å². The Labute approximate surface area is 67.7 Å². The molecule has 1 atom stereocenters. The van der Waals surface area contributed by atoms with Crippen LogP contribution in [0.2, 0.25) is 0 Å². The Morgan fingerprint density at radius 2 is 2.45 bits per heavy atom. The molecule has 0 saturated carbocycles. The molecule has 0 amide bonds. The van der Waals surface area contributed by atoms with E-state index in [1.54, 1.807) is 6.92 Å². The first-order chi connectivity index (χ1) is 5.18. The van der Waals surface area contributed by atoms with E-state index in [1.807, 2.05) is 6.92 Å². The van der Waals surface area contributed by atoms with Crippen LogP contribution >= 0.6 is 0 Å². The third-order valence-corrected chi connectivity index (χ3v) is 2.00. The topological polar surface area (TPSA) is 29.4 Å². The molecule has 0 spiro atoms. The van der Waals surface area contributed by atoms with E-state index < -0.39 is 0 Å². The summed E-state index contributed by atoms with van der Waals surface area (Å²) < 4.78 is 0. The number of Topliss-reactive ketones (excluding diaryl/α,β-unsaturated/α-hetero) is 1. The first-order valence-electron chi connectivity index (χ1n) is 4.21. The minimum atomic E-state index is 0.258. The van der Waals surface area contributed by atoms with Crippen LogP contribution in [0.15, 0.2) is 4.99 Å². The molecule has 62 valence electrons. The summed E-state index contributed by atoms with van der Waals surface area (Å²) in [6.07, 6.45) is 4.05. The Morgan fingerprint density at radius 1 is 1.73 bits per heavy atom. The Bertz CT molecular complexity index is 184. The summed E-state index contributed by atoms with van der Waals surface area (Å²) >= 11 is 0. The van der Waals surface area contributed by atoms with Gasteiger partial charge in [0.1, 0.15) is 5.78 Å². The summed E-state index contributed by atoms with van der Waals surface area (Å²) in [6, 6.07) is 0.293. The fourth-order valence-corrected chi connectivity index (χ4v) is 1.51. The minimum Gasteiger partial charge on any atom is -0.300 e. The average Bonchev–Trinajstić information content (AvgIpc) is 1.85. The van der Waals surface area contributed by atoms with Crippen molar-refractivity contribution in [3.05, 3.63) is 0 Å². The minimum absolute atomic E-state index is 0.258. The number of carbonyl (C=O) groups is 1. The van der Waals surface area contributed by atoms with Gasteiger partial charge in [-0.2, -0.15) is 0 Å². The lowest BCUT2D eigenvalue weighted by Gasteiger charge is -2.16. The standard InChI is InChI=1S/C9H15NO/c1-7-4-3-5-9(10-7)6-8(2)11/h9H,3-6H2,1-2H3/t9-/m1/s1. The van der Waals surface area contributed by atoms with E-state index in [2.05, 4.69) is 4.99 Å². The number of carbonyl (C=O) groups excluding carboxylic acids is 1. The molecular weight excluding hydrogens is 138 g/mol. The summed E-state index contributed by atoms with van der Waals surface area (Å²) in [6.45, 7) is 3.69. The fraction of sp³-hybridized carbons (Fsp3) is 0.778. The van der Waals surface area contributed by atoms with E-state index in [-0.39, 0.29) is 5.78 Å². The maximum absolute atomic E-state index is 10.7. The highest BCUT2D eigenvalue weighted by Gasteiger charge is 2.13. The Balaban J connectivity index is 2.46. The summed E-state index contributed by atoms with van der Waals surface area (Å²) in [4.78, 5) is 15.2. The molecule has 11 heavy (non-hydrogen) atoms. The normalized spacial score (nSPS) is 24.5. The zero-order valence-electron chi connectivity index (χ0n) is 7.26. The van der Waals surface area contributed by atoms with Gasteiger partial charge in [0.25, 0.3) is 0 Å². The van der Waals surface area contributed by atoms with Gasteiger partial charge < -0.3 is 0 Å². The molecule has 0 aliphatic carbocycles. The lowest BCUT2D eigenvalue weighted by molar-refractivity contribution is -0.117. The van der Waals surface area contributed by atoms with E-state index in [1.165, 1.54) is 12.1 Å². The monoisotopic (exact) mass is 153 g/mol. The van der Waals surface area contributed by atoms with Gasteiger partial charge in [0, 0.05) is 12.1 Å². The molecule has 0 saturated heterocycles. The molecule has 1 rings (SSSR count). The van der Waals surface area contributed by atoms with Crippen LogP contribution in [-0.2, 0) is 4.79 Å². The van der Waals surface area contributed by atoms with Gasteiger partial charge in [-0.1, -0.05) is 0 Å². The first kappa shape index (κ1) is 8.44. The van der Waals surface area contributed by atoms with Crippen molar-refractivity contribution >= 4 is 11.5 Å². The van der Waals surface area contributed by atoms with Crippen LogP contribution in [0.3, 0.4) is 0 Å². The van der Waals surface area contributed by atoms with Crippen LogP contribution in [-0.4, -0.2) is 17.5 Å². The van der Waals surface area contributed by atoms with Gasteiger partial charge in [0.2, 0.25) is 0 Å². The van der Waals surface area contributed by atoms with Crippen LogP contribution < -0.4 is 0 Å². The van der Waals surface area contributed by atoms with Crippen molar-refractivity contribution in [2.75, 3.05) is 0 Å². The lowest BCUT2D eigenvalue weighted by atomic mass is 10.00. The Kier molecular flexibility index (Phi) is 2.80. The number of hydrogen-bond acceptors (Lipinski definition) is 2. The molecule has 0 bridgehead atoms. The molecule has 0 aromatic carbocycles. The zero-order valence-corrected chi connectivity index (χ0v) is 7.26. The van der Waals surface area contributed by atoms with Crippen molar-refractivity contribution in [3.8, 4) is 0 Å². The van der Waals surface area contributed by atoms with E-state index in [9.17, 15) is 4.79 Å². The quantitative estimate of drug-likeness (QED) is 0.596. The van der Waals surface area contributed by atoms with Gasteiger partial charge in [-0.15, -0.1) is 0 Å². The predicted molar refractivity (Wildman–Crippen MR) is 46.0 cm³/mol. The van der Waals surface area contributed by atoms with Crippen LogP contribution in [0.5, 0.6) is 0 Å². The molecule has 0 aromatic heterocycles. The third-order valence-electron chi connectivity index (χ3n) is 2.00. The van der Waals surface area contributed by atoms with E-state index in [0.29, 0.717) is 12.5 Å². The maximum atomic E-state index is 10.7. The molecule has 1 aliphatic heterocycles. The predicted octanol–water partition coefficient (Wildman–Crippen LogP) is 1.98. The van der Waals surface area contributed by atoms with Gasteiger partial charge in [-0.25, -0.2) is 0 Å². The summed E-state index contributed by atoms with van der Waals surface area (Å²) in [5.41, 5.74) is 1.21. The molecule has 0 aromatic rings. The van der Waals surface area contributed by atoms with Gasteiger partial charge in [-0.05, 0) is 33.1 Å². The number of aliphatic imine (C=N–C) groups is 1. The summed E-state index contributed by atoms with van der Waals surface area (Å²) in [5.74, 6) is 0.258. The van der Waals surface area contributed by atoms with Crippen molar-refractivity contribution < 1.29 is 4.79 Å². The van der Waals surface area contributed by atoms with Crippen molar-refractivity contribution in [2.24, 2.45) is 4.99 Å². The maximum Gasteiger partial charge on any atom is 0.131 e. The van der Waals surface area contributed by atoms with Gasteiger partial charge in [-0.3, -0.25) is 9.79 Å². The smallest absolute Gasteiger partial charge is 0.131 e. The van der Waals surface area contributed by atoms with Gasteiger partial charge in [0.15, 0.2) is 0 Å². The van der Waals surface area contributed by atoms with Crippen molar-refractivity contribution in [2.45, 2.75) is 45.6 Å². The summed E-state index contributed by atoms with van der Waals surface area (Å²) in [5, 5.41) is 0. The van der Waals surface area contributed by atoms with Crippen LogP contribution in [0.4, 0.5) is 0 Å². The third kappa shape index (κ3) is 2.83. The molecule has 0 radical (unpaired) electrons. The second-order valence-electron chi connectivity index (χ2n) is 3.32. The molecule has 1 aliphatic rings. The zero-order chi connectivity index (χ0) is 8.27. The van der Waals surface area contributed by atoms with E-state index >= 15 is 0 Å². The van der Waals surface area contributed by atoms with Crippen molar-refractivity contribution in [1.82, 2.24) is 0 Å². The Hall–Kier alpha value is -0.660. The van der Waals surface area contributed by atoms with Crippen molar-refractivity contribution in [1.29, 1.82) is 0 Å². The highest BCUT2D eigenvalue weighted by atomic mass is 16.1. The largest absolute Gasteiger partial charge is 0.300 e. The Morgan fingerprint density at radius 3 is 3.00 bits per heavy atom. The molecule has 0 unspecified atom stereocenters. The van der Waals surface area contributed by atoms with Crippen molar-refractivity contribution in [3.63, 3.8) is 0 Å². The fourth-order valence-electron chi connectivity index (χ4n) is 1.51. The molecule has 2 heteroatoms. The molecule has 0 N–H and O–H groups in total. The number of hydrogen-bond donors (Lipinski definition) is 0. The highest BCUT2D eigenvalue weighted by Crippen LogP contribution is 2.16. The van der Waals surface area contributed by atoms with E-state index in [4.69, 9.17) is 0 Å². The SMILES string of the molecule is CC(=O)C[C@H]1CCCC(C)=N1. The van der Waals surface area contributed by atoms with Crippen LogP contribution in [0, 0.1) is 0 Å². The molecule has 0 fully saturated rings. The lowest BCUT2D eigenvalue weighted by Crippen LogP contribution is -2.16. The van der Waals surface area contributed by atoms with E-state index in [0.717, 1.165) is 12.8 Å². The summed E-state index contributed by atoms with van der Waals surface area (Å²) in [7, 11) is 0. The number of rotatable bonds is 2. The molecule has 1 heterocycles. The van der Waals surface area contributed by atoms with Gasteiger partial charge in [0.05, 0.1) is 6.04 Å². The van der Waals surface area contributed by atoms with Gasteiger partial charge >= 0.3 is 0 Å². The highest BCUT2D eigenvalue weighted by molar-refractivity contribution is 5.83. The first-order valence-corrected chi connectivity index (χ1v) is 4.21.